The van der Waals surface area contributed by atoms with Crippen molar-refractivity contribution in [2.24, 2.45) is 0 Å². The Balaban J connectivity index is 1.59. The maximum atomic E-state index is 5.62. The summed E-state index contributed by atoms with van der Waals surface area (Å²) in [6.07, 6.45) is 2.88. The van der Waals surface area contributed by atoms with Crippen molar-refractivity contribution in [3.63, 3.8) is 0 Å². The minimum Gasteiger partial charge on any atom is -0.443 e. The van der Waals surface area contributed by atoms with E-state index in [1.54, 1.807) is 17.6 Å². The first kappa shape index (κ1) is 12.7. The van der Waals surface area contributed by atoms with Gasteiger partial charge in [-0.25, -0.2) is 4.98 Å². The molecule has 0 amide bonds. The van der Waals surface area contributed by atoms with Crippen molar-refractivity contribution in [3.8, 4) is 10.8 Å². The molecule has 0 unspecified atom stereocenters. The predicted octanol–water partition coefficient (Wildman–Crippen LogP) is 4.35. The molecule has 1 atom stereocenters. The van der Waals surface area contributed by atoms with Crippen LogP contribution in [-0.2, 0) is 13.0 Å². The van der Waals surface area contributed by atoms with E-state index in [-0.39, 0.29) is 0 Å². The van der Waals surface area contributed by atoms with Crippen molar-refractivity contribution in [3.05, 3.63) is 59.3 Å². The number of aromatic nitrogens is 1. The van der Waals surface area contributed by atoms with Crippen LogP contribution in [0.4, 0.5) is 5.69 Å². The SMILES string of the molecule is C[C@@H]1Cc2ccccc2N1Cc1coc(-c2cccs2)n1. The van der Waals surface area contributed by atoms with Crippen molar-refractivity contribution in [1.29, 1.82) is 0 Å². The van der Waals surface area contributed by atoms with Crippen molar-refractivity contribution >= 4 is 17.0 Å². The molecule has 0 saturated heterocycles. The van der Waals surface area contributed by atoms with Gasteiger partial charge in [0.2, 0.25) is 5.89 Å². The topological polar surface area (TPSA) is 29.3 Å². The number of hydrogen-bond donors (Lipinski definition) is 0. The Bertz CT molecular complexity index is 748. The van der Waals surface area contributed by atoms with Gasteiger partial charge in [-0.3, -0.25) is 0 Å². The van der Waals surface area contributed by atoms with Crippen molar-refractivity contribution < 1.29 is 4.42 Å². The molecule has 1 aliphatic heterocycles. The molecule has 3 heterocycles. The van der Waals surface area contributed by atoms with E-state index in [9.17, 15) is 0 Å². The monoisotopic (exact) mass is 296 g/mol. The molecule has 4 heteroatoms. The van der Waals surface area contributed by atoms with E-state index in [0.717, 1.165) is 29.4 Å². The number of hydrogen-bond acceptors (Lipinski definition) is 4. The third-order valence-electron chi connectivity index (χ3n) is 3.96. The summed E-state index contributed by atoms with van der Waals surface area (Å²) in [7, 11) is 0. The highest BCUT2D eigenvalue weighted by molar-refractivity contribution is 7.13. The second-order valence-corrected chi connectivity index (χ2v) is 6.38. The zero-order valence-corrected chi connectivity index (χ0v) is 12.6. The van der Waals surface area contributed by atoms with Crippen LogP contribution in [0.3, 0.4) is 0 Å². The highest BCUT2D eigenvalue weighted by Crippen LogP contribution is 2.33. The highest BCUT2D eigenvalue weighted by Gasteiger charge is 2.26. The zero-order chi connectivity index (χ0) is 14.2. The summed E-state index contributed by atoms with van der Waals surface area (Å²) in [6, 6.07) is 13.2. The molecule has 1 aliphatic rings. The van der Waals surface area contributed by atoms with Gasteiger partial charge in [0.05, 0.1) is 17.1 Å². The van der Waals surface area contributed by atoms with Crippen LogP contribution in [0.15, 0.2) is 52.5 Å². The standard InChI is InChI=1S/C17H16N2OS/c1-12-9-13-5-2-3-6-15(13)19(12)10-14-11-20-17(18-14)16-7-4-8-21-16/h2-8,11-12H,9-10H2,1H3/t12-/m1/s1. The summed E-state index contributed by atoms with van der Waals surface area (Å²) in [5.74, 6) is 0.722. The molecule has 106 valence electrons. The van der Waals surface area contributed by atoms with Gasteiger partial charge in [0.15, 0.2) is 0 Å². The minimum atomic E-state index is 0.504. The molecule has 0 N–H and O–H groups in total. The molecule has 0 fully saturated rings. The van der Waals surface area contributed by atoms with Crippen LogP contribution in [0.1, 0.15) is 18.2 Å². The van der Waals surface area contributed by atoms with Gasteiger partial charge in [-0.1, -0.05) is 24.3 Å². The van der Waals surface area contributed by atoms with Crippen LogP contribution in [-0.4, -0.2) is 11.0 Å². The quantitative estimate of drug-likeness (QED) is 0.719. The van der Waals surface area contributed by atoms with Crippen LogP contribution in [0.2, 0.25) is 0 Å². The fourth-order valence-electron chi connectivity index (χ4n) is 2.94. The summed E-state index contributed by atoms with van der Waals surface area (Å²) in [5.41, 5.74) is 3.74. The molecule has 0 bridgehead atoms. The van der Waals surface area contributed by atoms with Gasteiger partial charge < -0.3 is 9.32 Å². The van der Waals surface area contributed by atoms with Gasteiger partial charge in [0.25, 0.3) is 0 Å². The van der Waals surface area contributed by atoms with Gasteiger partial charge in [-0.05, 0) is 36.4 Å². The Hall–Kier alpha value is -2.07. The van der Waals surface area contributed by atoms with E-state index in [2.05, 4.69) is 41.1 Å². The van der Waals surface area contributed by atoms with Crippen LogP contribution in [0.5, 0.6) is 0 Å². The lowest BCUT2D eigenvalue weighted by Gasteiger charge is -2.23. The van der Waals surface area contributed by atoms with Gasteiger partial charge >= 0.3 is 0 Å². The summed E-state index contributed by atoms with van der Waals surface area (Å²) < 4.78 is 5.62. The number of oxazole rings is 1. The largest absolute Gasteiger partial charge is 0.443 e. The molecule has 4 rings (SSSR count). The Kier molecular flexibility index (Phi) is 3.04. The normalized spacial score (nSPS) is 17.2. The smallest absolute Gasteiger partial charge is 0.236 e. The molecular weight excluding hydrogens is 280 g/mol. The van der Waals surface area contributed by atoms with E-state index < -0.39 is 0 Å². The van der Waals surface area contributed by atoms with Crippen LogP contribution < -0.4 is 4.90 Å². The van der Waals surface area contributed by atoms with E-state index >= 15 is 0 Å². The number of para-hydroxylation sites is 1. The molecule has 0 saturated carbocycles. The zero-order valence-electron chi connectivity index (χ0n) is 11.8. The lowest BCUT2D eigenvalue weighted by atomic mass is 10.1. The Labute approximate surface area is 127 Å². The first-order chi connectivity index (χ1) is 10.3. The first-order valence-electron chi connectivity index (χ1n) is 7.14. The molecule has 0 aliphatic carbocycles. The molecule has 1 aromatic carbocycles. The maximum absolute atomic E-state index is 5.62. The third kappa shape index (κ3) is 2.25. The summed E-state index contributed by atoms with van der Waals surface area (Å²) in [4.78, 5) is 8.11. The van der Waals surface area contributed by atoms with E-state index in [0.29, 0.717) is 6.04 Å². The summed E-state index contributed by atoms with van der Waals surface area (Å²) >= 11 is 1.65. The van der Waals surface area contributed by atoms with Gasteiger partial charge in [-0.2, -0.15) is 0 Å². The Morgan fingerprint density at radius 2 is 2.19 bits per heavy atom. The molecular formula is C17H16N2OS. The maximum Gasteiger partial charge on any atom is 0.236 e. The second kappa shape index (κ2) is 5.04. The van der Waals surface area contributed by atoms with E-state index in [1.807, 2.05) is 17.5 Å². The Morgan fingerprint density at radius 3 is 3.05 bits per heavy atom. The number of benzene rings is 1. The minimum absolute atomic E-state index is 0.504. The highest BCUT2D eigenvalue weighted by atomic mass is 32.1. The van der Waals surface area contributed by atoms with Gasteiger partial charge in [-0.15, -0.1) is 11.3 Å². The Morgan fingerprint density at radius 1 is 1.29 bits per heavy atom. The summed E-state index contributed by atoms with van der Waals surface area (Å²) in [6.45, 7) is 3.06. The molecule has 21 heavy (non-hydrogen) atoms. The predicted molar refractivity (Wildman–Crippen MR) is 85.6 cm³/mol. The molecule has 2 aromatic heterocycles. The molecule has 0 radical (unpaired) electrons. The second-order valence-electron chi connectivity index (χ2n) is 5.43. The molecule has 3 aromatic rings. The fraction of sp³-hybridized carbons (Fsp3) is 0.235. The van der Waals surface area contributed by atoms with Gasteiger partial charge in [0, 0.05) is 11.7 Å². The summed E-state index contributed by atoms with van der Waals surface area (Å²) in [5, 5.41) is 2.04. The number of rotatable bonds is 3. The van der Waals surface area contributed by atoms with Crippen LogP contribution >= 0.6 is 11.3 Å². The number of nitrogens with zero attached hydrogens (tertiary/aromatic N) is 2. The van der Waals surface area contributed by atoms with Crippen molar-refractivity contribution in [2.45, 2.75) is 25.9 Å². The fourth-order valence-corrected chi connectivity index (χ4v) is 3.59. The average Bonchev–Trinajstić information content (AvgIpc) is 3.20. The van der Waals surface area contributed by atoms with E-state index in [1.165, 1.54) is 11.3 Å². The molecule has 3 nitrogen and oxygen atoms in total. The number of anilines is 1. The van der Waals surface area contributed by atoms with E-state index in [4.69, 9.17) is 4.42 Å². The van der Waals surface area contributed by atoms with Gasteiger partial charge in [0.1, 0.15) is 6.26 Å². The first-order valence-corrected chi connectivity index (χ1v) is 8.02. The molecule has 0 spiro atoms. The third-order valence-corrected chi connectivity index (χ3v) is 4.82. The number of fused-ring (bicyclic) bond motifs is 1. The lowest BCUT2D eigenvalue weighted by Crippen LogP contribution is -2.28. The van der Waals surface area contributed by atoms with Crippen LogP contribution in [0, 0.1) is 0 Å². The van der Waals surface area contributed by atoms with Crippen LogP contribution in [0.25, 0.3) is 10.8 Å². The average molecular weight is 296 g/mol. The van der Waals surface area contributed by atoms with Crippen molar-refractivity contribution in [2.75, 3.05) is 4.90 Å². The lowest BCUT2D eigenvalue weighted by molar-refractivity contribution is 0.572. The number of thiophene rings is 1. The van der Waals surface area contributed by atoms with Crippen molar-refractivity contribution in [1.82, 2.24) is 4.98 Å².